The number of aryl methyl sites for hydroxylation is 1. The predicted octanol–water partition coefficient (Wildman–Crippen LogP) is 2.92. The van der Waals surface area contributed by atoms with Crippen LogP contribution < -0.4 is 4.74 Å². The lowest BCUT2D eigenvalue weighted by Crippen LogP contribution is -2.40. The van der Waals surface area contributed by atoms with E-state index in [2.05, 4.69) is 18.2 Å². The summed E-state index contributed by atoms with van der Waals surface area (Å²) in [6, 6.07) is 15.5. The van der Waals surface area contributed by atoms with Crippen LogP contribution in [0.25, 0.3) is 0 Å². The van der Waals surface area contributed by atoms with Crippen molar-refractivity contribution in [2.45, 2.75) is 39.0 Å². The number of fused-ring (bicyclic) bond motifs is 1. The molecule has 1 atom stereocenters. The third kappa shape index (κ3) is 3.77. The lowest BCUT2D eigenvalue weighted by atomic mass is 10.0. The number of carbonyl (C=O) groups excluding carboxylic acids is 1. The van der Waals surface area contributed by atoms with Crippen molar-refractivity contribution >= 4 is 5.91 Å². The summed E-state index contributed by atoms with van der Waals surface area (Å²) in [4.78, 5) is 14.7. The van der Waals surface area contributed by atoms with Gasteiger partial charge in [-0.2, -0.15) is 0 Å². The zero-order valence-corrected chi connectivity index (χ0v) is 13.9. The maximum atomic E-state index is 12.8. The Labute approximate surface area is 142 Å². The second kappa shape index (κ2) is 7.49. The summed E-state index contributed by atoms with van der Waals surface area (Å²) in [5.41, 5.74) is 3.32. The Morgan fingerprint density at radius 2 is 2.00 bits per heavy atom. The minimum atomic E-state index is -0.552. The maximum Gasteiger partial charge on any atom is 0.263 e. The van der Waals surface area contributed by atoms with Crippen LogP contribution in [-0.2, 0) is 24.4 Å². The zero-order valence-electron chi connectivity index (χ0n) is 13.9. The van der Waals surface area contributed by atoms with Crippen LogP contribution >= 0.6 is 0 Å². The van der Waals surface area contributed by atoms with Crippen LogP contribution in [0.1, 0.15) is 30.0 Å². The summed E-state index contributed by atoms with van der Waals surface area (Å²) in [6.45, 7) is 3.13. The molecule has 1 heterocycles. The molecule has 0 aromatic heterocycles. The van der Waals surface area contributed by atoms with Crippen molar-refractivity contribution in [1.29, 1.82) is 0 Å². The molecule has 0 saturated carbocycles. The van der Waals surface area contributed by atoms with E-state index >= 15 is 0 Å². The molecule has 24 heavy (non-hydrogen) atoms. The van der Waals surface area contributed by atoms with Crippen LogP contribution in [0, 0.1) is 0 Å². The monoisotopic (exact) mass is 325 g/mol. The molecule has 0 bridgehead atoms. The first-order chi connectivity index (χ1) is 11.7. The molecule has 0 fully saturated rings. The summed E-state index contributed by atoms with van der Waals surface area (Å²) < 4.78 is 5.80. The SMILES string of the molecule is CC(Oc1cccc(CO)c1)C(=O)N1CCCc2ccccc2C1. The normalized spacial score (nSPS) is 15.3. The van der Waals surface area contributed by atoms with E-state index in [4.69, 9.17) is 4.74 Å². The Hall–Kier alpha value is -2.33. The van der Waals surface area contributed by atoms with Gasteiger partial charge >= 0.3 is 0 Å². The molecule has 3 rings (SSSR count). The van der Waals surface area contributed by atoms with Gasteiger partial charge in [-0.3, -0.25) is 4.79 Å². The first-order valence-electron chi connectivity index (χ1n) is 8.39. The number of nitrogens with zero attached hydrogens (tertiary/aromatic N) is 1. The molecule has 2 aromatic carbocycles. The van der Waals surface area contributed by atoms with Crippen molar-refractivity contribution in [2.24, 2.45) is 0 Å². The first-order valence-corrected chi connectivity index (χ1v) is 8.39. The third-order valence-corrected chi connectivity index (χ3v) is 4.41. The van der Waals surface area contributed by atoms with Gasteiger partial charge in [0.2, 0.25) is 0 Å². The van der Waals surface area contributed by atoms with Crippen LogP contribution in [0.5, 0.6) is 5.75 Å². The minimum absolute atomic E-state index is 0.00102. The number of ether oxygens (including phenoxy) is 1. The highest BCUT2D eigenvalue weighted by Gasteiger charge is 2.24. The topological polar surface area (TPSA) is 49.8 Å². The Bertz CT molecular complexity index is 714. The highest BCUT2D eigenvalue weighted by molar-refractivity contribution is 5.81. The van der Waals surface area contributed by atoms with Crippen LogP contribution in [-0.4, -0.2) is 28.6 Å². The van der Waals surface area contributed by atoms with Crippen molar-refractivity contribution in [1.82, 2.24) is 4.90 Å². The molecule has 1 aliphatic rings. The number of carbonyl (C=O) groups is 1. The van der Waals surface area contributed by atoms with Gasteiger partial charge in [-0.1, -0.05) is 36.4 Å². The molecule has 0 saturated heterocycles. The van der Waals surface area contributed by atoms with E-state index < -0.39 is 6.10 Å². The average molecular weight is 325 g/mol. The van der Waals surface area contributed by atoms with Crippen molar-refractivity contribution in [3.05, 3.63) is 65.2 Å². The molecule has 1 unspecified atom stereocenters. The molecule has 1 amide bonds. The van der Waals surface area contributed by atoms with E-state index in [0.717, 1.165) is 24.9 Å². The third-order valence-electron chi connectivity index (χ3n) is 4.41. The molecule has 1 N–H and O–H groups in total. The van der Waals surface area contributed by atoms with Gasteiger partial charge in [0.05, 0.1) is 6.61 Å². The van der Waals surface area contributed by atoms with Crippen molar-refractivity contribution in [2.75, 3.05) is 6.54 Å². The number of hydrogen-bond acceptors (Lipinski definition) is 3. The maximum absolute atomic E-state index is 12.8. The Morgan fingerprint density at radius 1 is 1.21 bits per heavy atom. The minimum Gasteiger partial charge on any atom is -0.481 e. The van der Waals surface area contributed by atoms with Crippen LogP contribution in [0.4, 0.5) is 0 Å². The van der Waals surface area contributed by atoms with Gasteiger partial charge in [0, 0.05) is 13.1 Å². The lowest BCUT2D eigenvalue weighted by molar-refractivity contribution is -0.138. The van der Waals surface area contributed by atoms with Crippen LogP contribution in [0.2, 0.25) is 0 Å². The van der Waals surface area contributed by atoms with Crippen LogP contribution in [0.15, 0.2) is 48.5 Å². The highest BCUT2D eigenvalue weighted by atomic mass is 16.5. The summed E-state index contributed by atoms with van der Waals surface area (Å²) in [5, 5.41) is 9.20. The molecular weight excluding hydrogens is 302 g/mol. The van der Waals surface area contributed by atoms with E-state index in [0.29, 0.717) is 12.3 Å². The predicted molar refractivity (Wildman–Crippen MR) is 92.6 cm³/mol. The second-order valence-electron chi connectivity index (χ2n) is 6.20. The van der Waals surface area contributed by atoms with E-state index in [1.165, 1.54) is 11.1 Å². The van der Waals surface area contributed by atoms with E-state index in [-0.39, 0.29) is 12.5 Å². The number of rotatable bonds is 4. The van der Waals surface area contributed by atoms with Gasteiger partial charge in [-0.25, -0.2) is 0 Å². The number of hydrogen-bond donors (Lipinski definition) is 1. The molecule has 126 valence electrons. The number of benzene rings is 2. The van der Waals surface area contributed by atoms with Crippen molar-refractivity contribution < 1.29 is 14.6 Å². The fraction of sp³-hybridized carbons (Fsp3) is 0.350. The zero-order chi connectivity index (χ0) is 16.9. The molecule has 2 aromatic rings. The van der Waals surface area contributed by atoms with Gasteiger partial charge < -0.3 is 14.7 Å². The van der Waals surface area contributed by atoms with E-state index in [1.807, 2.05) is 23.1 Å². The van der Waals surface area contributed by atoms with Gasteiger partial charge in [0.25, 0.3) is 5.91 Å². The van der Waals surface area contributed by atoms with E-state index in [1.54, 1.807) is 19.1 Å². The fourth-order valence-electron chi connectivity index (χ4n) is 3.12. The summed E-state index contributed by atoms with van der Waals surface area (Å²) in [7, 11) is 0. The Kier molecular flexibility index (Phi) is 5.16. The number of aliphatic hydroxyl groups is 1. The van der Waals surface area contributed by atoms with Gasteiger partial charge in [0.15, 0.2) is 6.10 Å². The molecule has 0 radical (unpaired) electrons. The standard InChI is InChI=1S/C20H23NO3/c1-15(24-19-10-4-6-16(12-19)14-22)20(23)21-11-5-9-17-7-2-3-8-18(17)13-21/h2-4,6-8,10,12,15,22H,5,9,11,13-14H2,1H3. The van der Waals surface area contributed by atoms with Gasteiger partial charge in [-0.15, -0.1) is 0 Å². The summed E-state index contributed by atoms with van der Waals surface area (Å²) in [6.07, 6.45) is 1.42. The Morgan fingerprint density at radius 3 is 2.79 bits per heavy atom. The first kappa shape index (κ1) is 16.5. The molecule has 4 heteroatoms. The molecule has 0 spiro atoms. The molecular formula is C20H23NO3. The fourth-order valence-corrected chi connectivity index (χ4v) is 3.12. The molecule has 4 nitrogen and oxygen atoms in total. The van der Waals surface area contributed by atoms with Gasteiger partial charge in [0.1, 0.15) is 5.75 Å². The van der Waals surface area contributed by atoms with Gasteiger partial charge in [-0.05, 0) is 48.6 Å². The summed E-state index contributed by atoms with van der Waals surface area (Å²) in [5.74, 6) is 0.610. The quantitative estimate of drug-likeness (QED) is 0.940. The molecule has 1 aliphatic heterocycles. The number of aliphatic hydroxyl groups excluding tert-OH is 1. The van der Waals surface area contributed by atoms with Crippen molar-refractivity contribution in [3.63, 3.8) is 0 Å². The van der Waals surface area contributed by atoms with Crippen molar-refractivity contribution in [3.8, 4) is 5.75 Å². The van der Waals surface area contributed by atoms with Crippen LogP contribution in [0.3, 0.4) is 0 Å². The summed E-state index contributed by atoms with van der Waals surface area (Å²) >= 11 is 0. The molecule has 0 aliphatic carbocycles. The lowest BCUT2D eigenvalue weighted by Gasteiger charge is -2.25. The average Bonchev–Trinajstić information content (AvgIpc) is 2.83. The smallest absolute Gasteiger partial charge is 0.263 e. The Balaban J connectivity index is 1.69. The largest absolute Gasteiger partial charge is 0.481 e. The number of amides is 1. The highest BCUT2D eigenvalue weighted by Crippen LogP contribution is 2.20. The van der Waals surface area contributed by atoms with E-state index in [9.17, 15) is 9.90 Å². The second-order valence-corrected chi connectivity index (χ2v) is 6.20.